The van der Waals surface area contributed by atoms with E-state index < -0.39 is 29.1 Å². The van der Waals surface area contributed by atoms with Crippen molar-refractivity contribution >= 4 is 23.2 Å². The van der Waals surface area contributed by atoms with Crippen LogP contribution >= 0.6 is 0 Å². The lowest BCUT2D eigenvalue weighted by Crippen LogP contribution is -2.29. The van der Waals surface area contributed by atoms with Gasteiger partial charge in [-0.3, -0.25) is 10.2 Å². The predicted octanol–water partition coefficient (Wildman–Crippen LogP) is 3.49. The van der Waals surface area contributed by atoms with E-state index in [0.717, 1.165) is 25.1 Å². The lowest BCUT2D eigenvalue weighted by Gasteiger charge is -2.14. The summed E-state index contributed by atoms with van der Waals surface area (Å²) in [5, 5.41) is 3.88. The molecule has 0 aliphatic carbocycles. The summed E-state index contributed by atoms with van der Waals surface area (Å²) in [6.07, 6.45) is 1.99. The number of carbonyl (C=O) groups is 2. The van der Waals surface area contributed by atoms with Gasteiger partial charge in [-0.1, -0.05) is 30.3 Å². The fraction of sp³-hybridized carbons (Fsp3) is 0.174. The fourth-order valence-electron chi connectivity index (χ4n) is 2.81. The zero-order valence-corrected chi connectivity index (χ0v) is 17.9. The van der Waals surface area contributed by atoms with Gasteiger partial charge in [-0.05, 0) is 17.7 Å². The number of hydrazone groups is 1. The molecule has 1 N–H and O–H groups in total. The van der Waals surface area contributed by atoms with Crippen molar-refractivity contribution in [2.24, 2.45) is 5.10 Å². The second-order valence-corrected chi connectivity index (χ2v) is 6.74. The van der Waals surface area contributed by atoms with Crippen LogP contribution in [0.1, 0.15) is 5.56 Å². The maximum absolute atomic E-state index is 13.5. The van der Waals surface area contributed by atoms with Gasteiger partial charge in [0.25, 0.3) is 0 Å². The topological polar surface area (TPSA) is 91.1 Å². The molecular formula is C23H21F2N3O5. The summed E-state index contributed by atoms with van der Waals surface area (Å²) in [7, 11) is 2.43. The Morgan fingerprint density at radius 1 is 1.03 bits per heavy atom. The molecule has 1 heterocycles. The monoisotopic (exact) mass is 457 g/mol. The highest BCUT2D eigenvalue weighted by atomic mass is 19.2. The van der Waals surface area contributed by atoms with Crippen molar-refractivity contribution in [2.75, 3.05) is 26.3 Å². The number of methoxy groups -OCH3 is 2. The second kappa shape index (κ2) is 11.0. The Labute approximate surface area is 188 Å². The van der Waals surface area contributed by atoms with Crippen LogP contribution in [0.4, 0.5) is 14.5 Å². The zero-order valence-electron chi connectivity index (χ0n) is 17.9. The largest absolute Gasteiger partial charge is 0.487 e. The first-order chi connectivity index (χ1) is 15.9. The van der Waals surface area contributed by atoms with Crippen molar-refractivity contribution in [3.63, 3.8) is 0 Å². The van der Waals surface area contributed by atoms with Gasteiger partial charge in [0, 0.05) is 31.3 Å². The van der Waals surface area contributed by atoms with Gasteiger partial charge < -0.3 is 18.8 Å². The Morgan fingerprint density at radius 2 is 1.73 bits per heavy atom. The third-order valence-corrected chi connectivity index (χ3v) is 4.44. The number of hydrogen-bond acceptors (Lipinski definition) is 7. The number of esters is 1. The van der Waals surface area contributed by atoms with Gasteiger partial charge in [-0.25, -0.2) is 13.6 Å². The molecule has 0 saturated heterocycles. The van der Waals surface area contributed by atoms with Gasteiger partial charge in [-0.2, -0.15) is 5.10 Å². The lowest BCUT2D eigenvalue weighted by atomic mass is 10.2. The van der Waals surface area contributed by atoms with Crippen LogP contribution in [0.2, 0.25) is 0 Å². The molecule has 0 radical (unpaired) electrons. The van der Waals surface area contributed by atoms with E-state index in [0.29, 0.717) is 11.4 Å². The maximum atomic E-state index is 13.5. The van der Waals surface area contributed by atoms with Crippen LogP contribution in [0.25, 0.3) is 5.69 Å². The van der Waals surface area contributed by atoms with E-state index in [9.17, 15) is 18.4 Å². The molecule has 8 nitrogen and oxygen atoms in total. The smallest absolute Gasteiger partial charge is 0.362 e. The first-order valence-corrected chi connectivity index (χ1v) is 9.71. The van der Waals surface area contributed by atoms with Gasteiger partial charge in [0.15, 0.2) is 11.6 Å². The van der Waals surface area contributed by atoms with Gasteiger partial charge in [0.2, 0.25) is 11.5 Å². The highest BCUT2D eigenvalue weighted by Crippen LogP contribution is 2.29. The standard InChI is InChI=1S/C23H21F2N3O5/c1-31-14-20(29)22(23(30)32-2)27-26-19-9-8-16(28-11-17(24)18(25)12-28)10-21(19)33-13-15-6-4-3-5-7-15/h3-12,26H,13-14H2,1-2H3/b27-22-. The summed E-state index contributed by atoms with van der Waals surface area (Å²) >= 11 is 0. The van der Waals surface area contributed by atoms with Gasteiger partial charge in [0.1, 0.15) is 19.0 Å². The van der Waals surface area contributed by atoms with Gasteiger partial charge in [0.05, 0.1) is 12.8 Å². The molecule has 0 amide bonds. The fourth-order valence-corrected chi connectivity index (χ4v) is 2.81. The van der Waals surface area contributed by atoms with E-state index >= 15 is 0 Å². The van der Waals surface area contributed by atoms with E-state index in [1.165, 1.54) is 23.8 Å². The SMILES string of the molecule is COCC(=O)/C(=N/Nc1ccc(-n2cc(F)c(F)c2)cc1OCc1ccccc1)C(=O)OC. The molecule has 0 aliphatic rings. The average molecular weight is 457 g/mol. The third-order valence-electron chi connectivity index (χ3n) is 4.44. The van der Waals surface area contributed by atoms with Gasteiger partial charge >= 0.3 is 5.97 Å². The number of halogens is 2. The van der Waals surface area contributed by atoms with Crippen LogP contribution in [0, 0.1) is 11.6 Å². The summed E-state index contributed by atoms with van der Waals surface area (Å²) in [5.74, 6) is -3.34. The summed E-state index contributed by atoms with van der Waals surface area (Å²) < 4.78 is 43.5. The molecule has 0 fully saturated rings. The number of nitrogens with zero attached hydrogens (tertiary/aromatic N) is 2. The van der Waals surface area contributed by atoms with E-state index in [1.807, 2.05) is 30.3 Å². The van der Waals surface area contributed by atoms with Crippen molar-refractivity contribution in [3.05, 3.63) is 78.1 Å². The summed E-state index contributed by atoms with van der Waals surface area (Å²) in [6, 6.07) is 13.9. The molecule has 3 aromatic rings. The van der Waals surface area contributed by atoms with Crippen LogP contribution in [0.3, 0.4) is 0 Å². The number of anilines is 1. The van der Waals surface area contributed by atoms with Crippen LogP contribution < -0.4 is 10.2 Å². The molecule has 0 bridgehead atoms. The minimum absolute atomic E-state index is 0.184. The second-order valence-electron chi connectivity index (χ2n) is 6.74. The summed E-state index contributed by atoms with van der Waals surface area (Å²) in [6.45, 7) is -0.180. The number of aromatic nitrogens is 1. The van der Waals surface area contributed by atoms with Crippen molar-refractivity contribution in [1.82, 2.24) is 4.57 Å². The first kappa shape index (κ1) is 23.6. The van der Waals surface area contributed by atoms with Crippen LogP contribution in [0.15, 0.2) is 66.0 Å². The van der Waals surface area contributed by atoms with Crippen molar-refractivity contribution in [3.8, 4) is 11.4 Å². The number of Topliss-reactive ketones (excluding diaryl/α,β-unsaturated/α-hetero) is 1. The number of carbonyl (C=O) groups excluding carboxylic acids is 2. The number of rotatable bonds is 10. The number of nitrogens with one attached hydrogen (secondary N) is 1. The molecule has 2 aromatic carbocycles. The molecule has 1 aromatic heterocycles. The normalized spacial score (nSPS) is 11.2. The minimum Gasteiger partial charge on any atom is -0.487 e. The van der Waals surface area contributed by atoms with Crippen molar-refractivity contribution in [2.45, 2.75) is 6.61 Å². The summed E-state index contributed by atoms with van der Waals surface area (Å²) in [4.78, 5) is 24.1. The Hall–Kier alpha value is -4.05. The minimum atomic E-state index is -0.993. The molecule has 0 saturated carbocycles. The number of ketones is 1. The number of benzene rings is 2. The van der Waals surface area contributed by atoms with E-state index in [4.69, 9.17) is 9.47 Å². The van der Waals surface area contributed by atoms with Crippen LogP contribution in [-0.4, -0.2) is 42.9 Å². The third kappa shape index (κ3) is 6.01. The average Bonchev–Trinajstić information content (AvgIpc) is 3.17. The number of hydrogen-bond donors (Lipinski definition) is 1. The molecule has 172 valence electrons. The molecule has 3 rings (SSSR count). The van der Waals surface area contributed by atoms with Gasteiger partial charge in [-0.15, -0.1) is 0 Å². The van der Waals surface area contributed by atoms with E-state index in [2.05, 4.69) is 15.3 Å². The highest BCUT2D eigenvalue weighted by molar-refractivity contribution is 6.64. The lowest BCUT2D eigenvalue weighted by molar-refractivity contribution is -0.133. The van der Waals surface area contributed by atoms with Crippen LogP contribution in [-0.2, 0) is 25.7 Å². The number of ether oxygens (including phenoxy) is 3. The highest BCUT2D eigenvalue weighted by Gasteiger charge is 2.21. The van der Waals surface area contributed by atoms with Crippen molar-refractivity contribution in [1.29, 1.82) is 0 Å². The molecule has 0 atom stereocenters. The van der Waals surface area contributed by atoms with Crippen molar-refractivity contribution < 1.29 is 32.6 Å². The Kier molecular flexibility index (Phi) is 7.87. The zero-order chi connectivity index (χ0) is 23.8. The molecule has 10 heteroatoms. The quantitative estimate of drug-likeness (QED) is 0.217. The molecule has 0 aliphatic heterocycles. The van der Waals surface area contributed by atoms with Crippen LogP contribution in [0.5, 0.6) is 5.75 Å². The first-order valence-electron chi connectivity index (χ1n) is 9.71. The summed E-state index contributed by atoms with van der Waals surface area (Å²) in [5.41, 5.74) is 3.73. The molecular weight excluding hydrogens is 436 g/mol. The Bertz CT molecular complexity index is 1140. The molecule has 0 spiro atoms. The molecule has 0 unspecified atom stereocenters. The molecule has 33 heavy (non-hydrogen) atoms. The maximum Gasteiger partial charge on any atom is 0.362 e. The Morgan fingerprint density at radius 3 is 2.36 bits per heavy atom. The Balaban J connectivity index is 1.94. The van der Waals surface area contributed by atoms with E-state index in [1.54, 1.807) is 6.07 Å². The predicted molar refractivity (Wildman–Crippen MR) is 116 cm³/mol. The van der Waals surface area contributed by atoms with E-state index in [-0.39, 0.29) is 19.0 Å².